The summed E-state index contributed by atoms with van der Waals surface area (Å²) < 4.78 is 10.1. The Morgan fingerprint density at radius 3 is 2.06 bits per heavy atom. The van der Waals surface area contributed by atoms with Crippen LogP contribution in [0.5, 0.6) is 11.5 Å². The number of carbonyl (C=O) groups is 2. The molecule has 0 radical (unpaired) electrons. The number of nitrogens with two attached hydrogens (primary N) is 1. The van der Waals surface area contributed by atoms with Crippen molar-refractivity contribution in [2.45, 2.75) is 0 Å². The Bertz CT molecular complexity index is 437. The van der Waals surface area contributed by atoms with E-state index in [1.165, 1.54) is 26.2 Å². The van der Waals surface area contributed by atoms with Gasteiger partial charge in [0.2, 0.25) is 5.91 Å². The highest BCUT2D eigenvalue weighted by molar-refractivity contribution is 5.96. The van der Waals surface area contributed by atoms with Gasteiger partial charge in [-0.25, -0.2) is 0 Å². The maximum Gasteiger partial charge on any atom is 0.254 e. The van der Waals surface area contributed by atoms with E-state index < -0.39 is 5.91 Å². The van der Waals surface area contributed by atoms with Gasteiger partial charge >= 0.3 is 0 Å². The van der Waals surface area contributed by atoms with Crippen LogP contribution in [0.3, 0.4) is 0 Å². The molecule has 0 spiro atoms. The summed E-state index contributed by atoms with van der Waals surface area (Å²) in [5, 5.41) is 0. The molecule has 6 heteroatoms. The summed E-state index contributed by atoms with van der Waals surface area (Å²) in [4.78, 5) is 24.0. The lowest BCUT2D eigenvalue weighted by Gasteiger charge is -2.16. The fourth-order valence-electron chi connectivity index (χ4n) is 1.46. The highest BCUT2D eigenvalue weighted by Gasteiger charge is 2.15. The van der Waals surface area contributed by atoms with E-state index in [-0.39, 0.29) is 12.5 Å². The summed E-state index contributed by atoms with van der Waals surface area (Å²) >= 11 is 0. The van der Waals surface area contributed by atoms with E-state index in [0.29, 0.717) is 17.1 Å². The van der Waals surface area contributed by atoms with Gasteiger partial charge in [-0.2, -0.15) is 0 Å². The predicted molar refractivity (Wildman–Crippen MR) is 65.7 cm³/mol. The van der Waals surface area contributed by atoms with Gasteiger partial charge in [-0.15, -0.1) is 0 Å². The number of rotatable bonds is 5. The van der Waals surface area contributed by atoms with Crippen molar-refractivity contribution in [3.63, 3.8) is 0 Å². The number of amides is 2. The third kappa shape index (κ3) is 3.38. The summed E-state index contributed by atoms with van der Waals surface area (Å²) in [6, 6.07) is 4.80. The highest BCUT2D eigenvalue weighted by Crippen LogP contribution is 2.23. The Kier molecular flexibility index (Phi) is 4.53. The molecule has 1 aromatic carbocycles. The number of nitrogens with zero attached hydrogens (tertiary/aromatic N) is 1. The van der Waals surface area contributed by atoms with E-state index in [1.807, 2.05) is 0 Å². The van der Waals surface area contributed by atoms with Crippen LogP contribution in [-0.4, -0.2) is 44.5 Å². The summed E-state index contributed by atoms with van der Waals surface area (Å²) in [7, 11) is 4.49. The molecule has 0 saturated heterocycles. The molecule has 98 valence electrons. The van der Waals surface area contributed by atoms with Crippen LogP contribution in [0.2, 0.25) is 0 Å². The van der Waals surface area contributed by atoms with E-state index in [9.17, 15) is 9.59 Å². The molecular formula is C12H16N2O4. The second-order valence-corrected chi connectivity index (χ2v) is 3.73. The average molecular weight is 252 g/mol. The molecular weight excluding hydrogens is 236 g/mol. The lowest BCUT2D eigenvalue weighted by Crippen LogP contribution is -2.35. The minimum absolute atomic E-state index is 0.141. The molecule has 2 N–H and O–H groups in total. The number of hydrogen-bond donors (Lipinski definition) is 1. The average Bonchev–Trinajstić information content (AvgIpc) is 2.36. The van der Waals surface area contributed by atoms with Crippen molar-refractivity contribution < 1.29 is 19.1 Å². The molecule has 2 amide bonds. The SMILES string of the molecule is COc1cc(OC)cc(C(=O)N(C)CC(N)=O)c1. The van der Waals surface area contributed by atoms with Crippen LogP contribution in [0.1, 0.15) is 10.4 Å². The minimum atomic E-state index is -0.569. The van der Waals surface area contributed by atoms with E-state index >= 15 is 0 Å². The van der Waals surface area contributed by atoms with Gasteiger partial charge in [-0.1, -0.05) is 0 Å². The molecule has 6 nitrogen and oxygen atoms in total. The first kappa shape index (κ1) is 13.8. The van der Waals surface area contributed by atoms with Crippen LogP contribution in [-0.2, 0) is 4.79 Å². The standard InChI is InChI=1S/C12H16N2O4/c1-14(7-11(13)15)12(16)8-4-9(17-2)6-10(5-8)18-3/h4-6H,7H2,1-3H3,(H2,13,15). The fraction of sp³-hybridized carbons (Fsp3) is 0.333. The summed E-state index contributed by atoms with van der Waals surface area (Å²) in [6.07, 6.45) is 0. The van der Waals surface area contributed by atoms with E-state index in [1.54, 1.807) is 18.2 Å². The van der Waals surface area contributed by atoms with Crippen LogP contribution in [0.4, 0.5) is 0 Å². The minimum Gasteiger partial charge on any atom is -0.497 e. The van der Waals surface area contributed by atoms with Crippen molar-refractivity contribution in [2.75, 3.05) is 27.8 Å². The molecule has 0 aliphatic carbocycles. The molecule has 0 atom stereocenters. The molecule has 0 aliphatic heterocycles. The zero-order valence-electron chi connectivity index (χ0n) is 10.6. The first-order chi connectivity index (χ1) is 8.47. The number of methoxy groups -OCH3 is 2. The van der Waals surface area contributed by atoms with Crippen molar-refractivity contribution in [1.82, 2.24) is 4.90 Å². The van der Waals surface area contributed by atoms with Gasteiger partial charge in [0.15, 0.2) is 0 Å². The monoisotopic (exact) mass is 252 g/mol. The van der Waals surface area contributed by atoms with Gasteiger partial charge < -0.3 is 20.1 Å². The Morgan fingerprint density at radius 2 is 1.67 bits per heavy atom. The van der Waals surface area contributed by atoms with Crippen molar-refractivity contribution in [3.8, 4) is 11.5 Å². The zero-order valence-corrected chi connectivity index (χ0v) is 10.6. The number of likely N-dealkylation sites (N-methyl/N-ethyl adjacent to an activating group) is 1. The smallest absolute Gasteiger partial charge is 0.254 e. The number of carbonyl (C=O) groups excluding carboxylic acids is 2. The Morgan fingerprint density at radius 1 is 1.17 bits per heavy atom. The van der Waals surface area contributed by atoms with Crippen molar-refractivity contribution in [1.29, 1.82) is 0 Å². The molecule has 1 rings (SSSR count). The quantitative estimate of drug-likeness (QED) is 0.815. The van der Waals surface area contributed by atoms with Gasteiger partial charge in [0.1, 0.15) is 11.5 Å². The number of hydrogen-bond acceptors (Lipinski definition) is 4. The van der Waals surface area contributed by atoms with Crippen molar-refractivity contribution >= 4 is 11.8 Å². The molecule has 18 heavy (non-hydrogen) atoms. The molecule has 0 heterocycles. The van der Waals surface area contributed by atoms with Gasteiger partial charge in [0, 0.05) is 18.7 Å². The summed E-state index contributed by atoms with van der Waals surface area (Å²) in [5.41, 5.74) is 5.41. The number of primary amides is 1. The summed E-state index contributed by atoms with van der Waals surface area (Å²) in [6.45, 7) is -0.141. The van der Waals surface area contributed by atoms with Gasteiger partial charge in [0.25, 0.3) is 5.91 Å². The molecule has 0 aliphatic rings. The molecule has 1 aromatic rings. The van der Waals surface area contributed by atoms with Gasteiger partial charge in [-0.3, -0.25) is 9.59 Å². The topological polar surface area (TPSA) is 81.9 Å². The fourth-order valence-corrected chi connectivity index (χ4v) is 1.46. The third-order valence-corrected chi connectivity index (χ3v) is 2.34. The normalized spacial score (nSPS) is 9.72. The van der Waals surface area contributed by atoms with Crippen LogP contribution >= 0.6 is 0 Å². The Hall–Kier alpha value is -2.24. The van der Waals surface area contributed by atoms with Crippen LogP contribution in [0.15, 0.2) is 18.2 Å². The lowest BCUT2D eigenvalue weighted by molar-refractivity contribution is -0.118. The molecule has 0 bridgehead atoms. The molecule has 0 aromatic heterocycles. The highest BCUT2D eigenvalue weighted by atomic mass is 16.5. The van der Waals surface area contributed by atoms with Crippen LogP contribution in [0, 0.1) is 0 Å². The predicted octanol–water partition coefficient (Wildman–Crippen LogP) is 0.261. The number of ether oxygens (including phenoxy) is 2. The maximum absolute atomic E-state index is 12.0. The third-order valence-electron chi connectivity index (χ3n) is 2.34. The van der Waals surface area contributed by atoms with E-state index in [0.717, 1.165) is 0 Å². The van der Waals surface area contributed by atoms with Crippen LogP contribution in [0.25, 0.3) is 0 Å². The van der Waals surface area contributed by atoms with Crippen molar-refractivity contribution in [3.05, 3.63) is 23.8 Å². The van der Waals surface area contributed by atoms with E-state index in [2.05, 4.69) is 0 Å². The summed E-state index contributed by atoms with van der Waals surface area (Å²) in [5.74, 6) is 0.113. The van der Waals surface area contributed by atoms with Gasteiger partial charge in [0.05, 0.1) is 20.8 Å². The molecule has 0 saturated carbocycles. The largest absolute Gasteiger partial charge is 0.497 e. The molecule has 0 unspecified atom stereocenters. The number of benzene rings is 1. The Balaban J connectivity index is 3.00. The van der Waals surface area contributed by atoms with E-state index in [4.69, 9.17) is 15.2 Å². The zero-order chi connectivity index (χ0) is 13.7. The first-order valence-electron chi connectivity index (χ1n) is 5.24. The van der Waals surface area contributed by atoms with Crippen LogP contribution < -0.4 is 15.2 Å². The maximum atomic E-state index is 12.0. The lowest BCUT2D eigenvalue weighted by atomic mass is 10.1. The van der Waals surface area contributed by atoms with Gasteiger partial charge in [-0.05, 0) is 12.1 Å². The first-order valence-corrected chi connectivity index (χ1v) is 5.24. The van der Waals surface area contributed by atoms with Crippen molar-refractivity contribution in [2.24, 2.45) is 5.73 Å². The second-order valence-electron chi connectivity index (χ2n) is 3.73. The Labute approximate surface area is 105 Å². The molecule has 0 fully saturated rings. The second kappa shape index (κ2) is 5.90.